The van der Waals surface area contributed by atoms with E-state index in [0.29, 0.717) is 11.3 Å². The van der Waals surface area contributed by atoms with Crippen molar-refractivity contribution in [1.82, 2.24) is 5.32 Å². The first kappa shape index (κ1) is 19.5. The monoisotopic (exact) mass is 354 g/mol. The van der Waals surface area contributed by atoms with Crippen molar-refractivity contribution in [2.24, 2.45) is 0 Å². The van der Waals surface area contributed by atoms with Gasteiger partial charge >= 0.3 is 6.03 Å². The van der Waals surface area contributed by atoms with E-state index in [1.54, 1.807) is 24.3 Å². The number of amides is 2. The molecule has 2 aromatic rings. The number of hydrogen-bond donors (Lipinski definition) is 2. The molecular weight excluding hydrogens is 328 g/mol. The van der Waals surface area contributed by atoms with Gasteiger partial charge in [-0.1, -0.05) is 50.6 Å². The number of ketones is 1. The molecule has 0 aliphatic rings. The summed E-state index contributed by atoms with van der Waals surface area (Å²) in [6.07, 6.45) is 0. The van der Waals surface area contributed by atoms with Crippen molar-refractivity contribution in [1.29, 1.82) is 0 Å². The second-order valence-corrected chi connectivity index (χ2v) is 7.31. The van der Waals surface area contributed by atoms with E-state index in [2.05, 4.69) is 37.5 Å². The summed E-state index contributed by atoms with van der Waals surface area (Å²) in [5.74, 6) is 0.702. The Balaban J connectivity index is 1.95. The topological polar surface area (TPSA) is 67.4 Å². The standard InChI is InChI=1S/C21H26N2O3/c1-14-9-10-19(18(11-14)21(3,4)5)26-13-22-20(25)23-17-8-6-7-16(12-17)15(2)24/h6-12H,13H2,1-5H3,(H2,22,23,25). The van der Waals surface area contributed by atoms with Crippen molar-refractivity contribution in [2.45, 2.75) is 40.0 Å². The Kier molecular flexibility index (Phi) is 6.03. The zero-order chi connectivity index (χ0) is 19.3. The predicted octanol–water partition coefficient (Wildman–Crippen LogP) is 4.65. The first-order valence-corrected chi connectivity index (χ1v) is 8.56. The molecule has 5 heteroatoms. The van der Waals surface area contributed by atoms with Gasteiger partial charge in [0.05, 0.1) is 0 Å². The molecule has 0 aromatic heterocycles. The van der Waals surface area contributed by atoms with Crippen LogP contribution in [0, 0.1) is 6.92 Å². The van der Waals surface area contributed by atoms with Crippen molar-refractivity contribution in [3.8, 4) is 5.75 Å². The lowest BCUT2D eigenvalue weighted by molar-refractivity contribution is 0.101. The van der Waals surface area contributed by atoms with Gasteiger partial charge in [0, 0.05) is 11.3 Å². The normalized spacial score (nSPS) is 11.0. The predicted molar refractivity (Wildman–Crippen MR) is 104 cm³/mol. The minimum Gasteiger partial charge on any atom is -0.473 e. The number of carbonyl (C=O) groups is 2. The summed E-state index contributed by atoms with van der Waals surface area (Å²) in [4.78, 5) is 23.4. The van der Waals surface area contributed by atoms with Crippen LogP contribution in [-0.2, 0) is 5.41 Å². The number of benzene rings is 2. The third-order valence-corrected chi connectivity index (χ3v) is 3.93. The molecule has 138 valence electrons. The van der Waals surface area contributed by atoms with Crippen LogP contribution in [0.3, 0.4) is 0 Å². The molecule has 5 nitrogen and oxygen atoms in total. The SMILES string of the molecule is CC(=O)c1cccc(NC(=O)NCOc2ccc(C)cc2C(C)(C)C)c1. The summed E-state index contributed by atoms with van der Waals surface area (Å²) in [6.45, 7) is 9.94. The zero-order valence-electron chi connectivity index (χ0n) is 16.0. The van der Waals surface area contributed by atoms with Crippen molar-refractivity contribution in [3.63, 3.8) is 0 Å². The Morgan fingerprint density at radius 2 is 1.81 bits per heavy atom. The fourth-order valence-electron chi connectivity index (χ4n) is 2.53. The molecule has 0 saturated heterocycles. The molecule has 0 bridgehead atoms. The zero-order valence-corrected chi connectivity index (χ0v) is 16.0. The van der Waals surface area contributed by atoms with Gasteiger partial charge < -0.3 is 15.4 Å². The maximum atomic E-state index is 12.0. The molecule has 0 saturated carbocycles. The van der Waals surface area contributed by atoms with E-state index in [1.165, 1.54) is 12.5 Å². The van der Waals surface area contributed by atoms with Gasteiger partial charge in [-0.3, -0.25) is 4.79 Å². The lowest BCUT2D eigenvalue weighted by atomic mass is 9.85. The van der Waals surface area contributed by atoms with Crippen molar-refractivity contribution in [2.75, 3.05) is 12.0 Å². The number of hydrogen-bond acceptors (Lipinski definition) is 3. The maximum absolute atomic E-state index is 12.0. The Morgan fingerprint density at radius 3 is 2.46 bits per heavy atom. The van der Waals surface area contributed by atoms with Gasteiger partial charge in [0.15, 0.2) is 12.5 Å². The summed E-state index contributed by atoms with van der Waals surface area (Å²) < 4.78 is 5.76. The first-order chi connectivity index (χ1) is 12.2. The summed E-state index contributed by atoms with van der Waals surface area (Å²) in [5, 5.41) is 5.36. The van der Waals surface area contributed by atoms with Crippen LogP contribution in [0.25, 0.3) is 0 Å². The highest BCUT2D eigenvalue weighted by Gasteiger charge is 2.19. The van der Waals surface area contributed by atoms with Gasteiger partial charge in [-0.15, -0.1) is 0 Å². The number of aryl methyl sites for hydroxylation is 1. The average molecular weight is 354 g/mol. The molecule has 0 unspecified atom stereocenters. The fraction of sp³-hybridized carbons (Fsp3) is 0.333. The number of rotatable bonds is 5. The number of ether oxygens (including phenoxy) is 1. The summed E-state index contributed by atoms with van der Waals surface area (Å²) in [7, 11) is 0. The smallest absolute Gasteiger partial charge is 0.321 e. The molecular formula is C21H26N2O3. The van der Waals surface area contributed by atoms with E-state index in [4.69, 9.17) is 4.74 Å². The molecule has 0 aliphatic carbocycles. The van der Waals surface area contributed by atoms with Crippen LogP contribution in [-0.4, -0.2) is 18.5 Å². The van der Waals surface area contributed by atoms with Crippen LogP contribution in [0.5, 0.6) is 5.75 Å². The van der Waals surface area contributed by atoms with Crippen LogP contribution in [0.2, 0.25) is 0 Å². The molecule has 2 N–H and O–H groups in total. The number of urea groups is 1. The van der Waals surface area contributed by atoms with E-state index < -0.39 is 6.03 Å². The van der Waals surface area contributed by atoms with Crippen LogP contribution >= 0.6 is 0 Å². The highest BCUT2D eigenvalue weighted by molar-refractivity contribution is 5.96. The molecule has 0 radical (unpaired) electrons. The molecule has 0 aliphatic heterocycles. The Labute approximate surface area is 154 Å². The average Bonchev–Trinajstić information content (AvgIpc) is 2.55. The van der Waals surface area contributed by atoms with Gasteiger partial charge in [-0.25, -0.2) is 4.79 Å². The van der Waals surface area contributed by atoms with Gasteiger partial charge in [0.25, 0.3) is 0 Å². The molecule has 0 atom stereocenters. The van der Waals surface area contributed by atoms with Crippen molar-refractivity contribution in [3.05, 3.63) is 59.2 Å². The third kappa shape index (κ3) is 5.34. The minimum atomic E-state index is -0.393. The Morgan fingerprint density at radius 1 is 1.08 bits per heavy atom. The van der Waals surface area contributed by atoms with Crippen LogP contribution in [0.1, 0.15) is 49.2 Å². The fourth-order valence-corrected chi connectivity index (χ4v) is 2.53. The number of anilines is 1. The highest BCUT2D eigenvalue weighted by Crippen LogP contribution is 2.31. The second-order valence-electron chi connectivity index (χ2n) is 7.31. The third-order valence-electron chi connectivity index (χ3n) is 3.93. The lowest BCUT2D eigenvalue weighted by Gasteiger charge is -2.23. The first-order valence-electron chi connectivity index (χ1n) is 8.56. The van der Waals surface area contributed by atoms with E-state index in [-0.39, 0.29) is 17.9 Å². The van der Waals surface area contributed by atoms with Crippen molar-refractivity contribution < 1.29 is 14.3 Å². The van der Waals surface area contributed by atoms with Gasteiger partial charge in [-0.05, 0) is 43.0 Å². The Hall–Kier alpha value is -2.82. The molecule has 0 spiro atoms. The minimum absolute atomic E-state index is 0.0460. The number of nitrogens with one attached hydrogen (secondary N) is 2. The number of Topliss-reactive ketones (excluding diaryl/α,β-unsaturated/α-hetero) is 1. The molecule has 0 heterocycles. The van der Waals surface area contributed by atoms with Gasteiger partial charge in [0.1, 0.15) is 5.75 Å². The molecule has 2 aromatic carbocycles. The largest absolute Gasteiger partial charge is 0.473 e. The number of carbonyl (C=O) groups excluding carboxylic acids is 2. The highest BCUT2D eigenvalue weighted by atomic mass is 16.5. The van der Waals surface area contributed by atoms with E-state index in [9.17, 15) is 9.59 Å². The van der Waals surface area contributed by atoms with E-state index >= 15 is 0 Å². The van der Waals surface area contributed by atoms with Crippen LogP contribution < -0.4 is 15.4 Å². The quantitative estimate of drug-likeness (QED) is 0.606. The van der Waals surface area contributed by atoms with Crippen LogP contribution in [0.15, 0.2) is 42.5 Å². The van der Waals surface area contributed by atoms with Gasteiger partial charge in [-0.2, -0.15) is 0 Å². The van der Waals surface area contributed by atoms with Gasteiger partial charge in [0.2, 0.25) is 0 Å². The summed E-state index contributed by atoms with van der Waals surface area (Å²) in [5.41, 5.74) is 3.30. The van der Waals surface area contributed by atoms with E-state index in [1.807, 2.05) is 19.1 Å². The molecule has 2 amide bonds. The molecule has 26 heavy (non-hydrogen) atoms. The maximum Gasteiger partial charge on any atom is 0.321 e. The van der Waals surface area contributed by atoms with E-state index in [0.717, 1.165) is 11.3 Å². The van der Waals surface area contributed by atoms with Crippen LogP contribution in [0.4, 0.5) is 10.5 Å². The lowest BCUT2D eigenvalue weighted by Crippen LogP contribution is -2.32. The second kappa shape index (κ2) is 8.04. The summed E-state index contributed by atoms with van der Waals surface area (Å²) >= 11 is 0. The Bertz CT molecular complexity index is 807. The molecule has 2 rings (SSSR count). The molecule has 0 fully saturated rings. The van der Waals surface area contributed by atoms with Crippen molar-refractivity contribution >= 4 is 17.5 Å². The summed E-state index contributed by atoms with van der Waals surface area (Å²) in [6, 6.07) is 12.4.